The Morgan fingerprint density at radius 2 is 1.91 bits per heavy atom. The van der Waals surface area contributed by atoms with Crippen LogP contribution in [0.5, 0.6) is 0 Å². The van der Waals surface area contributed by atoms with E-state index in [4.69, 9.17) is 15.9 Å². The van der Waals surface area contributed by atoms with E-state index in [-0.39, 0.29) is 17.3 Å². The van der Waals surface area contributed by atoms with E-state index in [1.165, 1.54) is 58.0 Å². The van der Waals surface area contributed by atoms with Gasteiger partial charge >= 0.3 is 0 Å². The van der Waals surface area contributed by atoms with Crippen molar-refractivity contribution in [2.75, 3.05) is 26.2 Å². The second kappa shape index (κ2) is 9.36. The van der Waals surface area contributed by atoms with Gasteiger partial charge in [0.1, 0.15) is 0 Å². The summed E-state index contributed by atoms with van der Waals surface area (Å²) in [5, 5.41) is 23.8. The molecular formula is C27H47N5O2. The molecule has 0 aromatic carbocycles. The quantitative estimate of drug-likeness (QED) is 0.267. The zero-order valence-corrected chi connectivity index (χ0v) is 21.4. The number of hydrogen-bond donors (Lipinski definition) is 4. The summed E-state index contributed by atoms with van der Waals surface area (Å²) in [6.45, 7) is 9.33. The van der Waals surface area contributed by atoms with Crippen LogP contribution in [0, 0.1) is 39.9 Å². The Morgan fingerprint density at radius 3 is 2.68 bits per heavy atom. The molecule has 1 heterocycles. The fourth-order valence-corrected chi connectivity index (χ4v) is 9.17. The van der Waals surface area contributed by atoms with Crippen LogP contribution in [0.4, 0.5) is 0 Å². The zero-order chi connectivity index (χ0) is 24.0. The number of likely N-dealkylation sites (tertiary alicyclic amines) is 1. The topological polar surface area (TPSA) is 107 Å². The molecule has 0 aromatic rings. The first-order chi connectivity index (χ1) is 16.3. The lowest BCUT2D eigenvalue weighted by atomic mass is 9.43. The minimum atomic E-state index is -0.611. The fraction of sp³-hybridized carbons (Fsp3) is 0.926. The Bertz CT molecular complexity index is 785. The number of hydrazone groups is 1. The minimum absolute atomic E-state index is 0.139. The first-order valence-electron chi connectivity index (χ1n) is 14.0. The van der Waals surface area contributed by atoms with Crippen LogP contribution in [0.3, 0.4) is 0 Å². The second-order valence-corrected chi connectivity index (χ2v) is 12.6. The van der Waals surface area contributed by atoms with E-state index in [1.54, 1.807) is 0 Å². The molecule has 4 saturated carbocycles. The molecule has 0 bridgehead atoms. The molecule has 192 valence electrons. The molecule has 7 nitrogen and oxygen atoms in total. The van der Waals surface area contributed by atoms with E-state index in [0.717, 1.165) is 44.8 Å². The maximum atomic E-state index is 12.2. The highest BCUT2D eigenvalue weighted by molar-refractivity contribution is 5.75. The Morgan fingerprint density at radius 1 is 1.12 bits per heavy atom. The van der Waals surface area contributed by atoms with Crippen molar-refractivity contribution < 1.29 is 9.84 Å². The second-order valence-electron chi connectivity index (χ2n) is 12.6. The van der Waals surface area contributed by atoms with Crippen LogP contribution in [-0.4, -0.2) is 60.1 Å². The first-order valence-corrected chi connectivity index (χ1v) is 14.0. The lowest BCUT2D eigenvalue weighted by molar-refractivity contribution is -0.207. The molecule has 0 radical (unpaired) electrons. The standard InChI is InChI=1S/C27H47N5O2/c1-25-10-8-21(34-16-15-32-13-3-4-14-32)17-19(25)5-6-23-22(25)9-11-26(2)20(7-12-27(23,26)33)18-30-31-24(28)29/h18-23,33H,3-17H2,1-2H3,(H4,28,29,31)/b30-18-/t19?,20?,21?,22-,23-,25+,26-,27-/m1/s1. The average Bonchev–Trinajstić information content (AvgIpc) is 3.40. The van der Waals surface area contributed by atoms with Gasteiger partial charge in [-0.25, -0.2) is 5.43 Å². The van der Waals surface area contributed by atoms with Gasteiger partial charge in [0.2, 0.25) is 5.96 Å². The molecule has 8 atom stereocenters. The van der Waals surface area contributed by atoms with Crippen LogP contribution < -0.4 is 11.2 Å². The van der Waals surface area contributed by atoms with E-state index in [2.05, 4.69) is 29.3 Å². The van der Waals surface area contributed by atoms with Crippen molar-refractivity contribution in [3.05, 3.63) is 0 Å². The third-order valence-electron chi connectivity index (χ3n) is 11.3. The summed E-state index contributed by atoms with van der Waals surface area (Å²) in [6.07, 6.45) is 15.1. The molecule has 5 fully saturated rings. The van der Waals surface area contributed by atoms with Crippen molar-refractivity contribution in [2.45, 2.75) is 96.2 Å². The average molecular weight is 474 g/mol. The van der Waals surface area contributed by atoms with Gasteiger partial charge in [-0.1, -0.05) is 13.8 Å². The first kappa shape index (κ1) is 24.5. The molecule has 5 aliphatic rings. The number of rotatable bonds is 6. The Labute approximate surface area is 205 Å². The molecule has 1 saturated heterocycles. The normalized spacial score (nSPS) is 46.7. The minimum Gasteiger partial charge on any atom is -0.389 e. The van der Waals surface area contributed by atoms with E-state index >= 15 is 0 Å². The van der Waals surface area contributed by atoms with E-state index in [9.17, 15) is 5.11 Å². The van der Waals surface area contributed by atoms with Crippen LogP contribution in [0.15, 0.2) is 5.10 Å². The van der Waals surface area contributed by atoms with Gasteiger partial charge in [-0.2, -0.15) is 5.10 Å². The smallest absolute Gasteiger partial charge is 0.206 e. The summed E-state index contributed by atoms with van der Waals surface area (Å²) in [4.78, 5) is 2.55. The van der Waals surface area contributed by atoms with E-state index < -0.39 is 5.60 Å². The molecule has 3 unspecified atom stereocenters. The number of aliphatic hydroxyl groups is 1. The molecule has 5 N–H and O–H groups in total. The number of nitrogens with zero attached hydrogens (tertiary/aromatic N) is 2. The number of guanidine groups is 1. The number of nitrogens with one attached hydrogen (secondary N) is 2. The van der Waals surface area contributed by atoms with Crippen molar-refractivity contribution in [3.8, 4) is 0 Å². The Hall–Kier alpha value is -1.18. The van der Waals surface area contributed by atoms with Crippen LogP contribution >= 0.6 is 0 Å². The number of nitrogens with two attached hydrogens (primary N) is 1. The van der Waals surface area contributed by atoms with Crippen molar-refractivity contribution in [1.29, 1.82) is 5.41 Å². The summed E-state index contributed by atoms with van der Waals surface area (Å²) in [6, 6.07) is 0. The van der Waals surface area contributed by atoms with E-state index in [0.29, 0.717) is 23.4 Å². The molecule has 0 amide bonds. The molecular weight excluding hydrogens is 426 g/mol. The SMILES string of the molecule is C[C@]12CCC(OCCN3CCCC3)CC1CC[C@@H]1[C@H]2CC[C@]2(C)C(/C=N\NC(=N)N)CC[C@@]12O. The lowest BCUT2D eigenvalue weighted by Crippen LogP contribution is -2.62. The van der Waals surface area contributed by atoms with Crippen LogP contribution in [0.1, 0.15) is 84.5 Å². The summed E-state index contributed by atoms with van der Waals surface area (Å²) >= 11 is 0. The maximum absolute atomic E-state index is 12.2. The molecule has 7 heteroatoms. The van der Waals surface area contributed by atoms with Gasteiger partial charge in [-0.15, -0.1) is 0 Å². The highest BCUT2D eigenvalue weighted by Crippen LogP contribution is 2.68. The van der Waals surface area contributed by atoms with E-state index in [1.807, 2.05) is 6.21 Å². The van der Waals surface area contributed by atoms with Gasteiger partial charge in [0.15, 0.2) is 0 Å². The third-order valence-corrected chi connectivity index (χ3v) is 11.3. The van der Waals surface area contributed by atoms with Gasteiger partial charge in [0.25, 0.3) is 0 Å². The third kappa shape index (κ3) is 4.09. The molecule has 34 heavy (non-hydrogen) atoms. The summed E-state index contributed by atoms with van der Waals surface area (Å²) in [5.74, 6) is 1.82. The highest BCUT2D eigenvalue weighted by Gasteiger charge is 2.66. The number of fused-ring (bicyclic) bond motifs is 5. The summed E-state index contributed by atoms with van der Waals surface area (Å²) in [7, 11) is 0. The van der Waals surface area contributed by atoms with Crippen molar-refractivity contribution in [1.82, 2.24) is 10.3 Å². The number of ether oxygens (including phenoxy) is 1. The van der Waals surface area contributed by atoms with Gasteiger partial charge < -0.3 is 20.5 Å². The highest BCUT2D eigenvalue weighted by atomic mass is 16.5. The van der Waals surface area contributed by atoms with Crippen LogP contribution in [0.25, 0.3) is 0 Å². The van der Waals surface area contributed by atoms with Crippen molar-refractivity contribution in [2.24, 2.45) is 45.3 Å². The Kier molecular flexibility index (Phi) is 6.75. The van der Waals surface area contributed by atoms with Gasteiger partial charge in [0.05, 0.1) is 18.3 Å². The van der Waals surface area contributed by atoms with Crippen molar-refractivity contribution >= 4 is 12.2 Å². The van der Waals surface area contributed by atoms with Crippen LogP contribution in [0.2, 0.25) is 0 Å². The number of hydrogen-bond acceptors (Lipinski definition) is 5. The molecule has 5 rings (SSSR count). The molecule has 1 aliphatic heterocycles. The van der Waals surface area contributed by atoms with Gasteiger partial charge in [0, 0.05) is 24.1 Å². The molecule has 0 aromatic heterocycles. The van der Waals surface area contributed by atoms with Gasteiger partial charge in [-0.3, -0.25) is 5.41 Å². The maximum Gasteiger partial charge on any atom is 0.206 e. The molecule has 0 spiro atoms. The monoisotopic (exact) mass is 473 g/mol. The summed E-state index contributed by atoms with van der Waals surface area (Å²) in [5.41, 5.74) is 7.54. The lowest BCUT2D eigenvalue weighted by Gasteiger charge is -2.63. The van der Waals surface area contributed by atoms with Gasteiger partial charge in [-0.05, 0) is 107 Å². The predicted octanol–water partition coefficient (Wildman–Crippen LogP) is 3.71. The molecule has 4 aliphatic carbocycles. The van der Waals surface area contributed by atoms with Crippen LogP contribution in [-0.2, 0) is 4.74 Å². The fourth-order valence-electron chi connectivity index (χ4n) is 9.17. The van der Waals surface area contributed by atoms with Crippen molar-refractivity contribution in [3.63, 3.8) is 0 Å². The largest absolute Gasteiger partial charge is 0.389 e. The predicted molar refractivity (Wildman–Crippen MR) is 136 cm³/mol. The summed E-state index contributed by atoms with van der Waals surface area (Å²) < 4.78 is 6.41. The Balaban J connectivity index is 1.23. The zero-order valence-electron chi connectivity index (χ0n) is 21.4.